The van der Waals surface area contributed by atoms with Crippen molar-refractivity contribution in [1.29, 1.82) is 0 Å². The predicted octanol–water partition coefficient (Wildman–Crippen LogP) is 3.94. The van der Waals surface area contributed by atoms with Crippen molar-refractivity contribution >= 4 is 40.2 Å². The van der Waals surface area contributed by atoms with Gasteiger partial charge in [0.15, 0.2) is 0 Å². The van der Waals surface area contributed by atoms with Crippen LogP contribution in [-0.4, -0.2) is 20.6 Å². The molecule has 110 valence electrons. The molecule has 2 atom stereocenters. The van der Waals surface area contributed by atoms with E-state index in [0.29, 0.717) is 16.0 Å². The zero-order chi connectivity index (χ0) is 14.7. The van der Waals surface area contributed by atoms with E-state index in [2.05, 4.69) is 4.98 Å². The van der Waals surface area contributed by atoms with Crippen molar-refractivity contribution in [3.63, 3.8) is 0 Å². The first-order valence-corrected chi connectivity index (χ1v) is 7.85. The molecule has 2 aromatic rings. The average Bonchev–Trinajstić information content (AvgIpc) is 2.88. The van der Waals surface area contributed by atoms with Crippen molar-refractivity contribution in [3.8, 4) is 0 Å². The Morgan fingerprint density at radius 2 is 1.90 bits per heavy atom. The Balaban J connectivity index is 1.85. The molecule has 0 spiro atoms. The first-order chi connectivity index (χ1) is 10.0. The van der Waals surface area contributed by atoms with E-state index >= 15 is 0 Å². The number of imidazole rings is 1. The lowest BCUT2D eigenvalue weighted by Gasteiger charge is -2.13. The van der Waals surface area contributed by atoms with Gasteiger partial charge in [-0.3, -0.25) is 4.79 Å². The van der Waals surface area contributed by atoms with Crippen LogP contribution in [0.4, 0.5) is 0 Å². The smallest absolute Gasteiger partial charge is 0.323 e. The van der Waals surface area contributed by atoms with Crippen molar-refractivity contribution in [1.82, 2.24) is 9.55 Å². The highest BCUT2D eigenvalue weighted by atomic mass is 35.5. The highest BCUT2D eigenvalue weighted by Gasteiger charge is 2.47. The topological polar surface area (TPSA) is 55.1 Å². The van der Waals surface area contributed by atoms with Gasteiger partial charge in [0.1, 0.15) is 12.4 Å². The summed E-state index contributed by atoms with van der Waals surface area (Å²) in [4.78, 5) is 15.9. The summed E-state index contributed by atoms with van der Waals surface area (Å²) in [7, 11) is 0. The van der Waals surface area contributed by atoms with Crippen molar-refractivity contribution in [3.05, 3.63) is 28.0 Å². The minimum absolute atomic E-state index is 0.0877. The molecule has 1 heterocycles. The number of carbonyl (C=O) groups is 1. The van der Waals surface area contributed by atoms with E-state index in [1.807, 2.05) is 0 Å². The molecule has 0 radical (unpaired) electrons. The van der Waals surface area contributed by atoms with Crippen LogP contribution in [0.15, 0.2) is 12.1 Å². The van der Waals surface area contributed by atoms with Crippen molar-refractivity contribution < 1.29 is 9.90 Å². The summed E-state index contributed by atoms with van der Waals surface area (Å²) < 4.78 is 1.79. The zero-order valence-electron chi connectivity index (χ0n) is 11.2. The second-order valence-electron chi connectivity index (χ2n) is 6.13. The van der Waals surface area contributed by atoms with Crippen LogP contribution >= 0.6 is 23.2 Å². The van der Waals surface area contributed by atoms with E-state index in [0.717, 1.165) is 41.5 Å². The molecule has 4 nitrogen and oxygen atoms in total. The maximum Gasteiger partial charge on any atom is 0.323 e. The first-order valence-electron chi connectivity index (χ1n) is 7.10. The monoisotopic (exact) mass is 324 g/mol. The molecule has 21 heavy (non-hydrogen) atoms. The summed E-state index contributed by atoms with van der Waals surface area (Å²) in [5, 5.41) is 10.1. The van der Waals surface area contributed by atoms with Crippen LogP contribution in [-0.2, 0) is 11.3 Å². The molecule has 2 aliphatic rings. The Hall–Kier alpha value is -1.26. The minimum atomic E-state index is -0.871. The Bertz CT molecular complexity index is 746. The molecule has 0 saturated heterocycles. The Morgan fingerprint density at radius 1 is 1.24 bits per heavy atom. The first kappa shape index (κ1) is 13.4. The van der Waals surface area contributed by atoms with E-state index in [1.54, 1.807) is 16.7 Å². The molecule has 2 saturated carbocycles. The molecule has 0 bridgehead atoms. The minimum Gasteiger partial charge on any atom is -0.480 e. The Kier molecular flexibility index (Phi) is 2.95. The molecule has 1 N–H and O–H groups in total. The number of nitrogens with zero attached hydrogens (tertiary/aromatic N) is 2. The summed E-state index contributed by atoms with van der Waals surface area (Å²) in [6.07, 6.45) is 3.57. The van der Waals surface area contributed by atoms with Crippen molar-refractivity contribution in [2.24, 2.45) is 11.8 Å². The largest absolute Gasteiger partial charge is 0.480 e. The third kappa shape index (κ3) is 2.21. The number of hydrogen-bond donors (Lipinski definition) is 1. The van der Waals surface area contributed by atoms with Gasteiger partial charge in [0.2, 0.25) is 0 Å². The van der Waals surface area contributed by atoms with Crippen LogP contribution in [0.3, 0.4) is 0 Å². The van der Waals surface area contributed by atoms with E-state index < -0.39 is 5.97 Å². The van der Waals surface area contributed by atoms with Crippen molar-refractivity contribution in [2.75, 3.05) is 0 Å². The second kappa shape index (κ2) is 4.62. The van der Waals surface area contributed by atoms with Gasteiger partial charge >= 0.3 is 5.97 Å². The molecule has 6 heteroatoms. The third-order valence-electron chi connectivity index (χ3n) is 4.72. The number of aliphatic carboxylic acids is 1. The van der Waals surface area contributed by atoms with E-state index in [1.165, 1.54) is 6.42 Å². The lowest BCUT2D eigenvalue weighted by atomic mass is 10.0. The standard InChI is InChI=1S/C15H14Cl2N2O2/c16-10-4-12-13(5-11(10)17)19(6-14(20)21)15(18-12)9-2-7-1-8(7)3-9/h4-5,7-9H,1-3,6H2,(H,20,21). The number of rotatable bonds is 3. The molecule has 0 aliphatic heterocycles. The Labute approximate surface area is 131 Å². The third-order valence-corrected chi connectivity index (χ3v) is 5.44. The number of carboxylic acid groups (broad SMARTS) is 1. The van der Waals surface area contributed by atoms with Gasteiger partial charge in [-0.15, -0.1) is 0 Å². The summed E-state index contributed by atoms with van der Waals surface area (Å²) in [5.74, 6) is 2.00. The number of benzene rings is 1. The molecule has 2 unspecified atom stereocenters. The Morgan fingerprint density at radius 3 is 2.57 bits per heavy atom. The number of aromatic nitrogens is 2. The molecular formula is C15H14Cl2N2O2. The van der Waals surface area contributed by atoms with Crippen molar-refractivity contribution in [2.45, 2.75) is 31.7 Å². The molecule has 1 aromatic carbocycles. The fourth-order valence-corrected chi connectivity index (χ4v) is 3.99. The van der Waals surface area contributed by atoms with E-state index in [-0.39, 0.29) is 6.54 Å². The van der Waals surface area contributed by atoms with Gasteiger partial charge in [0.25, 0.3) is 0 Å². The normalized spacial score (nSPS) is 27.0. The van der Waals surface area contributed by atoms with Gasteiger partial charge in [-0.2, -0.15) is 0 Å². The fraction of sp³-hybridized carbons (Fsp3) is 0.467. The molecule has 2 fully saturated rings. The lowest BCUT2D eigenvalue weighted by molar-refractivity contribution is -0.137. The van der Waals surface area contributed by atoms with Crippen LogP contribution in [0.1, 0.15) is 31.0 Å². The second-order valence-corrected chi connectivity index (χ2v) is 6.94. The van der Waals surface area contributed by atoms with Gasteiger partial charge in [0, 0.05) is 5.92 Å². The number of fused-ring (bicyclic) bond motifs is 2. The summed E-state index contributed by atoms with van der Waals surface area (Å²) >= 11 is 12.1. The maximum atomic E-state index is 11.2. The SMILES string of the molecule is O=C(O)Cn1c(C2CC3CC3C2)nc2cc(Cl)c(Cl)cc21. The summed E-state index contributed by atoms with van der Waals surface area (Å²) in [6, 6.07) is 3.44. The van der Waals surface area contributed by atoms with Gasteiger partial charge in [-0.05, 0) is 43.2 Å². The number of carboxylic acids is 1. The molecular weight excluding hydrogens is 311 g/mol. The number of hydrogen-bond acceptors (Lipinski definition) is 2. The lowest BCUT2D eigenvalue weighted by Crippen LogP contribution is -2.14. The maximum absolute atomic E-state index is 11.2. The van der Waals surface area contributed by atoms with E-state index in [9.17, 15) is 9.90 Å². The molecule has 4 rings (SSSR count). The van der Waals surface area contributed by atoms with Gasteiger partial charge < -0.3 is 9.67 Å². The summed E-state index contributed by atoms with van der Waals surface area (Å²) in [6.45, 7) is -0.0877. The highest BCUT2D eigenvalue weighted by Crippen LogP contribution is 2.57. The highest BCUT2D eigenvalue weighted by molar-refractivity contribution is 6.42. The van der Waals surface area contributed by atoms with Crippen LogP contribution in [0.25, 0.3) is 11.0 Å². The molecule has 0 amide bonds. The number of halogens is 2. The summed E-state index contributed by atoms with van der Waals surface area (Å²) in [5.41, 5.74) is 1.48. The molecule has 1 aromatic heterocycles. The van der Waals surface area contributed by atoms with Crippen LogP contribution < -0.4 is 0 Å². The van der Waals surface area contributed by atoms with Crippen LogP contribution in [0, 0.1) is 11.8 Å². The predicted molar refractivity (Wildman–Crippen MR) is 81.0 cm³/mol. The fourth-order valence-electron chi connectivity index (χ4n) is 3.68. The van der Waals surface area contributed by atoms with Gasteiger partial charge in [0.05, 0.1) is 21.1 Å². The average molecular weight is 325 g/mol. The van der Waals surface area contributed by atoms with Gasteiger partial charge in [-0.25, -0.2) is 4.98 Å². The van der Waals surface area contributed by atoms with Crippen LogP contribution in [0.2, 0.25) is 10.0 Å². The van der Waals surface area contributed by atoms with Gasteiger partial charge in [-0.1, -0.05) is 23.2 Å². The zero-order valence-corrected chi connectivity index (χ0v) is 12.7. The quantitative estimate of drug-likeness (QED) is 0.930. The van der Waals surface area contributed by atoms with E-state index in [4.69, 9.17) is 23.2 Å². The van der Waals surface area contributed by atoms with Crippen LogP contribution in [0.5, 0.6) is 0 Å². The molecule has 2 aliphatic carbocycles.